The molecule has 2 N–H and O–H groups in total. The minimum absolute atomic E-state index is 0.143. The van der Waals surface area contributed by atoms with E-state index in [9.17, 15) is 0 Å². The van der Waals surface area contributed by atoms with Gasteiger partial charge in [0.1, 0.15) is 0 Å². The zero-order valence-electron chi connectivity index (χ0n) is 14.4. The van der Waals surface area contributed by atoms with Crippen LogP contribution in [0.5, 0.6) is 0 Å². The van der Waals surface area contributed by atoms with Crippen LogP contribution in [0, 0.1) is 10.8 Å². The van der Waals surface area contributed by atoms with Crippen molar-refractivity contribution >= 4 is 11.3 Å². The van der Waals surface area contributed by atoms with Crippen LogP contribution >= 0.6 is 11.3 Å². The Hall–Kier alpha value is -0.380. The van der Waals surface area contributed by atoms with E-state index in [0.717, 1.165) is 19.6 Å². The van der Waals surface area contributed by atoms with E-state index < -0.39 is 0 Å². The van der Waals surface area contributed by atoms with Crippen molar-refractivity contribution in [1.29, 1.82) is 0 Å². The SMILES string of the molecule is CCN(Cc1cccs1)C1(CN)CC(C)(C)CC(C)(C)C1. The fourth-order valence-electron chi connectivity index (χ4n) is 4.97. The fraction of sp³-hybridized carbons (Fsp3) is 0.778. The van der Waals surface area contributed by atoms with Gasteiger partial charge in [-0.05, 0) is 48.1 Å². The van der Waals surface area contributed by atoms with Gasteiger partial charge < -0.3 is 5.73 Å². The number of thiophene rings is 1. The van der Waals surface area contributed by atoms with E-state index in [1.807, 2.05) is 11.3 Å². The Bertz CT molecular complexity index is 432. The predicted octanol–water partition coefficient (Wildman–Crippen LogP) is 4.50. The van der Waals surface area contributed by atoms with Gasteiger partial charge in [0.25, 0.3) is 0 Å². The highest BCUT2D eigenvalue weighted by Crippen LogP contribution is 2.52. The van der Waals surface area contributed by atoms with Crippen molar-refractivity contribution in [2.24, 2.45) is 16.6 Å². The second kappa shape index (κ2) is 6.02. The lowest BCUT2D eigenvalue weighted by Crippen LogP contribution is -2.60. The van der Waals surface area contributed by atoms with Gasteiger partial charge >= 0.3 is 0 Å². The van der Waals surface area contributed by atoms with Crippen LogP contribution in [0.25, 0.3) is 0 Å². The zero-order chi connectivity index (χ0) is 15.7. The molecule has 1 aromatic rings. The van der Waals surface area contributed by atoms with E-state index >= 15 is 0 Å². The van der Waals surface area contributed by atoms with E-state index in [-0.39, 0.29) is 5.54 Å². The van der Waals surface area contributed by atoms with E-state index in [1.54, 1.807) is 0 Å². The quantitative estimate of drug-likeness (QED) is 0.867. The maximum atomic E-state index is 6.35. The first-order chi connectivity index (χ1) is 9.72. The molecule has 3 heteroatoms. The third-order valence-corrected chi connectivity index (χ3v) is 5.79. The van der Waals surface area contributed by atoms with Crippen molar-refractivity contribution in [2.45, 2.75) is 66.0 Å². The Kier molecular flexibility index (Phi) is 4.87. The first-order valence-corrected chi connectivity index (χ1v) is 9.07. The monoisotopic (exact) mass is 308 g/mol. The van der Waals surface area contributed by atoms with E-state index in [2.05, 4.69) is 57.0 Å². The number of hydrogen-bond acceptors (Lipinski definition) is 3. The van der Waals surface area contributed by atoms with Crippen LogP contribution in [-0.4, -0.2) is 23.5 Å². The molecule has 21 heavy (non-hydrogen) atoms. The number of nitrogens with zero attached hydrogens (tertiary/aromatic N) is 1. The molecule has 2 rings (SSSR count). The molecule has 0 amide bonds. The second-order valence-corrected chi connectivity index (χ2v) is 9.41. The van der Waals surface area contributed by atoms with Gasteiger partial charge in [-0.15, -0.1) is 11.3 Å². The average molecular weight is 309 g/mol. The van der Waals surface area contributed by atoms with Crippen LogP contribution in [0.1, 0.15) is 58.8 Å². The molecule has 0 aromatic carbocycles. The minimum Gasteiger partial charge on any atom is -0.329 e. The summed E-state index contributed by atoms with van der Waals surface area (Å²) >= 11 is 1.86. The lowest BCUT2D eigenvalue weighted by atomic mass is 9.58. The van der Waals surface area contributed by atoms with Crippen molar-refractivity contribution in [2.75, 3.05) is 13.1 Å². The van der Waals surface area contributed by atoms with Crippen molar-refractivity contribution in [3.8, 4) is 0 Å². The summed E-state index contributed by atoms with van der Waals surface area (Å²) < 4.78 is 0. The summed E-state index contributed by atoms with van der Waals surface area (Å²) in [6.07, 6.45) is 3.70. The fourth-order valence-corrected chi connectivity index (χ4v) is 5.69. The highest BCUT2D eigenvalue weighted by Gasteiger charge is 2.49. The van der Waals surface area contributed by atoms with Gasteiger partial charge in [-0.1, -0.05) is 40.7 Å². The van der Waals surface area contributed by atoms with Gasteiger partial charge in [-0.2, -0.15) is 0 Å². The van der Waals surface area contributed by atoms with Gasteiger partial charge in [0.2, 0.25) is 0 Å². The molecule has 1 aliphatic rings. The number of likely N-dealkylation sites (N-methyl/N-ethyl adjacent to an activating group) is 1. The molecule has 120 valence electrons. The minimum atomic E-state index is 0.143. The summed E-state index contributed by atoms with van der Waals surface area (Å²) in [6, 6.07) is 4.40. The van der Waals surface area contributed by atoms with Gasteiger partial charge in [-0.25, -0.2) is 0 Å². The molecule has 0 radical (unpaired) electrons. The molecule has 0 aliphatic heterocycles. The Morgan fingerprint density at radius 1 is 1.14 bits per heavy atom. The lowest BCUT2D eigenvalue weighted by Gasteiger charge is -2.56. The van der Waals surface area contributed by atoms with Gasteiger partial charge in [0, 0.05) is 23.5 Å². The zero-order valence-corrected chi connectivity index (χ0v) is 15.2. The first kappa shape index (κ1) is 17.0. The molecule has 0 spiro atoms. The molecule has 1 aliphatic carbocycles. The normalized spacial score (nSPS) is 23.4. The Labute approximate surface area is 134 Å². The molecule has 1 heterocycles. The molecule has 0 atom stereocenters. The second-order valence-electron chi connectivity index (χ2n) is 8.38. The maximum absolute atomic E-state index is 6.35. The van der Waals surface area contributed by atoms with Crippen LogP contribution < -0.4 is 5.73 Å². The van der Waals surface area contributed by atoms with Crippen molar-refractivity contribution in [3.63, 3.8) is 0 Å². The molecule has 0 unspecified atom stereocenters. The lowest BCUT2D eigenvalue weighted by molar-refractivity contribution is -0.0452. The summed E-state index contributed by atoms with van der Waals surface area (Å²) in [5.41, 5.74) is 7.22. The largest absolute Gasteiger partial charge is 0.329 e. The molecule has 0 saturated heterocycles. The van der Waals surface area contributed by atoms with Gasteiger partial charge in [0.15, 0.2) is 0 Å². The summed E-state index contributed by atoms with van der Waals surface area (Å²) in [5, 5.41) is 2.17. The summed E-state index contributed by atoms with van der Waals surface area (Å²) in [7, 11) is 0. The highest BCUT2D eigenvalue weighted by atomic mass is 32.1. The van der Waals surface area contributed by atoms with E-state index in [0.29, 0.717) is 10.8 Å². The Morgan fingerprint density at radius 2 is 1.76 bits per heavy atom. The van der Waals surface area contributed by atoms with Crippen molar-refractivity contribution in [1.82, 2.24) is 4.90 Å². The summed E-state index contributed by atoms with van der Waals surface area (Å²) in [6.45, 7) is 14.8. The van der Waals surface area contributed by atoms with Crippen molar-refractivity contribution < 1.29 is 0 Å². The molecular formula is C18H32N2S. The molecule has 2 nitrogen and oxygen atoms in total. The first-order valence-electron chi connectivity index (χ1n) is 8.20. The molecule has 0 bridgehead atoms. The van der Waals surface area contributed by atoms with Crippen LogP contribution in [0.15, 0.2) is 17.5 Å². The number of nitrogens with two attached hydrogens (primary N) is 1. The number of rotatable bonds is 5. The molecule has 1 aromatic heterocycles. The van der Waals surface area contributed by atoms with Gasteiger partial charge in [0.05, 0.1) is 0 Å². The molecule has 1 fully saturated rings. The maximum Gasteiger partial charge on any atom is 0.0345 e. The van der Waals surface area contributed by atoms with Crippen LogP contribution in [0.2, 0.25) is 0 Å². The molecular weight excluding hydrogens is 276 g/mol. The summed E-state index contributed by atoms with van der Waals surface area (Å²) in [4.78, 5) is 4.09. The predicted molar refractivity (Wildman–Crippen MR) is 93.6 cm³/mol. The Morgan fingerprint density at radius 3 is 2.19 bits per heavy atom. The van der Waals surface area contributed by atoms with E-state index in [4.69, 9.17) is 5.73 Å². The smallest absolute Gasteiger partial charge is 0.0345 e. The topological polar surface area (TPSA) is 29.3 Å². The van der Waals surface area contributed by atoms with Crippen LogP contribution in [-0.2, 0) is 6.54 Å². The van der Waals surface area contributed by atoms with Gasteiger partial charge in [-0.3, -0.25) is 4.90 Å². The average Bonchev–Trinajstić information content (AvgIpc) is 2.84. The van der Waals surface area contributed by atoms with Crippen LogP contribution in [0.4, 0.5) is 0 Å². The van der Waals surface area contributed by atoms with Crippen LogP contribution in [0.3, 0.4) is 0 Å². The van der Waals surface area contributed by atoms with E-state index in [1.165, 1.54) is 24.1 Å². The summed E-state index contributed by atoms with van der Waals surface area (Å²) in [5.74, 6) is 0. The third kappa shape index (κ3) is 3.88. The third-order valence-electron chi connectivity index (χ3n) is 4.93. The Balaban J connectivity index is 2.29. The standard InChI is InChI=1S/C18H32N2S/c1-6-20(10-15-8-7-9-21-15)18(14-19)12-16(2,3)11-17(4,5)13-18/h7-9H,6,10-14,19H2,1-5H3. The number of hydrogen-bond donors (Lipinski definition) is 1. The molecule has 1 saturated carbocycles. The van der Waals surface area contributed by atoms with Crippen molar-refractivity contribution in [3.05, 3.63) is 22.4 Å². The highest BCUT2D eigenvalue weighted by molar-refractivity contribution is 7.09.